The van der Waals surface area contributed by atoms with E-state index in [2.05, 4.69) is 13.8 Å². The van der Waals surface area contributed by atoms with Gasteiger partial charge < -0.3 is 9.84 Å². The quantitative estimate of drug-likeness (QED) is 0.638. The predicted octanol–water partition coefficient (Wildman–Crippen LogP) is 1.57. The number of aliphatic hydroxyl groups is 1. The van der Waals surface area contributed by atoms with Crippen molar-refractivity contribution in [2.24, 2.45) is 11.8 Å². The van der Waals surface area contributed by atoms with Gasteiger partial charge >= 0.3 is 0 Å². The van der Waals surface area contributed by atoms with Gasteiger partial charge in [0.05, 0.1) is 12.7 Å². The van der Waals surface area contributed by atoms with E-state index in [1.807, 2.05) is 0 Å². The molecule has 0 amide bonds. The maximum Gasteiger partial charge on any atom is 0.118 e. The zero-order chi connectivity index (χ0) is 8.77. The van der Waals surface area contributed by atoms with Crippen LogP contribution in [0.2, 0.25) is 0 Å². The molecule has 2 nitrogen and oxygen atoms in total. The van der Waals surface area contributed by atoms with Crippen LogP contribution in [-0.2, 0) is 4.74 Å². The molecular weight excluding hydrogens is 152 g/mol. The third kappa shape index (κ3) is 1.17. The molecule has 70 valence electrons. The van der Waals surface area contributed by atoms with Gasteiger partial charge in [-0.15, -0.1) is 0 Å². The molecule has 1 heterocycles. The molecule has 1 N–H and O–H groups in total. The first kappa shape index (κ1) is 8.52. The van der Waals surface area contributed by atoms with E-state index in [0.29, 0.717) is 6.10 Å². The minimum absolute atomic E-state index is 0.0919. The summed E-state index contributed by atoms with van der Waals surface area (Å²) in [6.07, 6.45) is 3.84. The molecule has 1 unspecified atom stereocenters. The molecule has 1 saturated heterocycles. The Morgan fingerprint density at radius 2 is 2.33 bits per heavy atom. The molecule has 0 bridgehead atoms. The van der Waals surface area contributed by atoms with Gasteiger partial charge in [-0.25, -0.2) is 0 Å². The molecule has 1 aliphatic carbocycles. The van der Waals surface area contributed by atoms with Gasteiger partial charge in [-0.2, -0.15) is 0 Å². The Balaban J connectivity index is 1.92. The van der Waals surface area contributed by atoms with Crippen molar-refractivity contribution in [2.45, 2.75) is 44.8 Å². The van der Waals surface area contributed by atoms with E-state index >= 15 is 0 Å². The average molecular weight is 170 g/mol. The lowest BCUT2D eigenvalue weighted by Crippen LogP contribution is -2.29. The number of hydrogen-bond acceptors (Lipinski definition) is 2. The van der Waals surface area contributed by atoms with Crippen molar-refractivity contribution in [3.05, 3.63) is 0 Å². The molecule has 12 heavy (non-hydrogen) atoms. The van der Waals surface area contributed by atoms with Gasteiger partial charge in [0, 0.05) is 0 Å². The van der Waals surface area contributed by atoms with Crippen molar-refractivity contribution in [3.8, 4) is 0 Å². The molecule has 1 saturated carbocycles. The summed E-state index contributed by atoms with van der Waals surface area (Å²) in [6, 6.07) is 0. The molecule has 0 spiro atoms. The Bertz CT molecular complexity index is 179. The van der Waals surface area contributed by atoms with Crippen molar-refractivity contribution < 1.29 is 9.84 Å². The number of epoxide rings is 1. The number of ether oxygens (including phenoxy) is 1. The largest absolute Gasteiger partial charge is 0.393 e. The van der Waals surface area contributed by atoms with Crippen LogP contribution < -0.4 is 0 Å². The second-order valence-corrected chi connectivity index (χ2v) is 4.61. The number of aliphatic hydroxyl groups excluding tert-OH is 1. The average Bonchev–Trinajstić information content (AvgIpc) is 2.77. The third-order valence-corrected chi connectivity index (χ3v) is 3.57. The van der Waals surface area contributed by atoms with E-state index in [-0.39, 0.29) is 12.2 Å². The Kier molecular flexibility index (Phi) is 1.92. The molecule has 1 aliphatic heterocycles. The Morgan fingerprint density at radius 1 is 1.58 bits per heavy atom. The van der Waals surface area contributed by atoms with E-state index in [1.165, 1.54) is 6.42 Å². The summed E-state index contributed by atoms with van der Waals surface area (Å²) in [5.41, 5.74) is -0.0919. The fourth-order valence-corrected chi connectivity index (χ4v) is 2.38. The third-order valence-electron chi connectivity index (χ3n) is 3.57. The monoisotopic (exact) mass is 170 g/mol. The Hall–Kier alpha value is -0.0800. The van der Waals surface area contributed by atoms with E-state index in [0.717, 1.165) is 24.7 Å². The Morgan fingerprint density at radius 3 is 2.83 bits per heavy atom. The van der Waals surface area contributed by atoms with Gasteiger partial charge in [0.1, 0.15) is 5.60 Å². The van der Waals surface area contributed by atoms with Crippen molar-refractivity contribution >= 4 is 0 Å². The molecule has 2 heteroatoms. The molecule has 2 aliphatic rings. The first-order valence-corrected chi connectivity index (χ1v) is 4.96. The van der Waals surface area contributed by atoms with Crippen LogP contribution in [0.4, 0.5) is 0 Å². The van der Waals surface area contributed by atoms with E-state index in [9.17, 15) is 0 Å². The molecule has 2 rings (SSSR count). The van der Waals surface area contributed by atoms with Crippen molar-refractivity contribution in [2.75, 3.05) is 6.61 Å². The first-order valence-electron chi connectivity index (χ1n) is 4.96. The van der Waals surface area contributed by atoms with Gasteiger partial charge in [-0.1, -0.05) is 13.8 Å². The summed E-state index contributed by atoms with van der Waals surface area (Å²) in [5.74, 6) is 1.59. The normalized spacial score (nSPS) is 46.0. The van der Waals surface area contributed by atoms with E-state index in [1.54, 1.807) is 0 Å². The summed E-state index contributed by atoms with van der Waals surface area (Å²) >= 11 is 0. The van der Waals surface area contributed by atoms with Crippen LogP contribution in [0.5, 0.6) is 0 Å². The molecule has 3 atom stereocenters. The molecular formula is C10H18O2. The van der Waals surface area contributed by atoms with Crippen LogP contribution in [0.15, 0.2) is 0 Å². The van der Waals surface area contributed by atoms with Gasteiger partial charge in [-0.05, 0) is 31.1 Å². The lowest BCUT2D eigenvalue weighted by Gasteiger charge is -2.26. The zero-order valence-corrected chi connectivity index (χ0v) is 7.92. The van der Waals surface area contributed by atoms with Crippen LogP contribution >= 0.6 is 0 Å². The van der Waals surface area contributed by atoms with Crippen LogP contribution in [0.25, 0.3) is 0 Å². The minimum atomic E-state index is -0.0919. The standard InChI is InChI=1S/C10H18O2/c1-7(2)8-3-4-10(6-11)9(5-8)12-10/h7-9,11H,3-6H2,1-2H3/t8-,9?,10+/m0/s1. The van der Waals surface area contributed by atoms with Crippen LogP contribution in [-0.4, -0.2) is 23.4 Å². The van der Waals surface area contributed by atoms with Gasteiger partial charge in [0.15, 0.2) is 0 Å². The minimum Gasteiger partial charge on any atom is -0.393 e. The first-order chi connectivity index (χ1) is 5.68. The molecule has 0 aromatic rings. The second kappa shape index (κ2) is 2.71. The number of rotatable bonds is 2. The predicted molar refractivity (Wildman–Crippen MR) is 46.9 cm³/mol. The smallest absolute Gasteiger partial charge is 0.118 e. The molecule has 2 fully saturated rings. The van der Waals surface area contributed by atoms with Crippen LogP contribution in [0.3, 0.4) is 0 Å². The maximum absolute atomic E-state index is 9.09. The summed E-state index contributed by atoms with van der Waals surface area (Å²) in [4.78, 5) is 0. The van der Waals surface area contributed by atoms with Crippen molar-refractivity contribution in [3.63, 3.8) is 0 Å². The lowest BCUT2D eigenvalue weighted by molar-refractivity contribution is 0.154. The topological polar surface area (TPSA) is 32.8 Å². The summed E-state index contributed by atoms with van der Waals surface area (Å²) in [5, 5.41) is 9.09. The van der Waals surface area contributed by atoms with Crippen molar-refractivity contribution in [1.29, 1.82) is 0 Å². The summed E-state index contributed by atoms with van der Waals surface area (Å²) < 4.78 is 5.54. The van der Waals surface area contributed by atoms with E-state index in [4.69, 9.17) is 9.84 Å². The summed E-state index contributed by atoms with van der Waals surface area (Å²) in [7, 11) is 0. The van der Waals surface area contributed by atoms with Gasteiger partial charge in [0.2, 0.25) is 0 Å². The number of fused-ring (bicyclic) bond motifs is 1. The SMILES string of the molecule is CC(C)[C@H]1CC[C@]2(CO)OC2C1. The zero-order valence-electron chi connectivity index (χ0n) is 7.92. The fraction of sp³-hybridized carbons (Fsp3) is 1.00. The number of hydrogen-bond donors (Lipinski definition) is 1. The molecule has 0 radical (unpaired) electrons. The highest BCUT2D eigenvalue weighted by molar-refractivity contribution is 5.06. The van der Waals surface area contributed by atoms with Gasteiger partial charge in [-0.3, -0.25) is 0 Å². The summed E-state index contributed by atoms with van der Waals surface area (Å²) in [6.45, 7) is 4.78. The molecule has 0 aromatic carbocycles. The molecule has 0 aromatic heterocycles. The fourth-order valence-electron chi connectivity index (χ4n) is 2.38. The van der Waals surface area contributed by atoms with Crippen LogP contribution in [0.1, 0.15) is 33.1 Å². The van der Waals surface area contributed by atoms with Crippen LogP contribution in [0, 0.1) is 11.8 Å². The Labute approximate surface area is 73.9 Å². The highest BCUT2D eigenvalue weighted by atomic mass is 16.6. The maximum atomic E-state index is 9.09. The highest BCUT2D eigenvalue weighted by Gasteiger charge is 2.58. The van der Waals surface area contributed by atoms with Gasteiger partial charge in [0.25, 0.3) is 0 Å². The van der Waals surface area contributed by atoms with E-state index < -0.39 is 0 Å². The van der Waals surface area contributed by atoms with Crippen molar-refractivity contribution in [1.82, 2.24) is 0 Å². The lowest BCUT2D eigenvalue weighted by atomic mass is 9.77. The highest BCUT2D eigenvalue weighted by Crippen LogP contribution is 2.50. The second-order valence-electron chi connectivity index (χ2n) is 4.61.